The lowest BCUT2D eigenvalue weighted by molar-refractivity contribution is 0.685. The first-order chi connectivity index (χ1) is 7.09. The second-order valence-electron chi connectivity index (χ2n) is 3.04. The largest absolute Gasteiger partial charge is 0.369 e. The molecule has 6 heteroatoms. The topological polar surface area (TPSA) is 42.0 Å². The Morgan fingerprint density at radius 1 is 1.67 bits per heavy atom. The van der Waals surface area contributed by atoms with Crippen molar-refractivity contribution in [1.29, 1.82) is 0 Å². The average Bonchev–Trinajstić information content (AvgIpc) is 2.14. The van der Waals surface area contributed by atoms with E-state index in [0.717, 1.165) is 17.4 Å². The maximum absolute atomic E-state index is 10.8. The van der Waals surface area contributed by atoms with E-state index in [-0.39, 0.29) is 0 Å². The van der Waals surface area contributed by atoms with Crippen molar-refractivity contribution in [3.63, 3.8) is 0 Å². The number of hydrogen-bond acceptors (Lipinski definition) is 3. The van der Waals surface area contributed by atoms with Crippen LogP contribution in [0.3, 0.4) is 0 Å². The number of nitrogens with zero attached hydrogens (tertiary/aromatic N) is 1. The fourth-order valence-corrected chi connectivity index (χ4v) is 2.27. The van der Waals surface area contributed by atoms with Crippen molar-refractivity contribution < 1.29 is 4.21 Å². The van der Waals surface area contributed by atoms with Crippen LogP contribution in [0.15, 0.2) is 16.7 Å². The molecule has 0 saturated heterocycles. The van der Waals surface area contributed by atoms with Crippen LogP contribution in [-0.4, -0.2) is 27.7 Å². The highest BCUT2D eigenvalue weighted by Gasteiger charge is 2.01. The van der Waals surface area contributed by atoms with Crippen molar-refractivity contribution in [3.8, 4) is 0 Å². The van der Waals surface area contributed by atoms with E-state index in [1.54, 1.807) is 18.5 Å². The molecule has 1 heterocycles. The summed E-state index contributed by atoms with van der Waals surface area (Å²) in [6, 6.07) is 1.79. The minimum absolute atomic E-state index is 0.585. The number of anilines is 1. The molecule has 0 aliphatic heterocycles. The van der Waals surface area contributed by atoms with Gasteiger partial charge in [-0.05, 0) is 28.4 Å². The Balaban J connectivity index is 2.40. The van der Waals surface area contributed by atoms with Crippen LogP contribution in [0, 0.1) is 0 Å². The third kappa shape index (κ3) is 4.95. The quantitative estimate of drug-likeness (QED) is 0.850. The molecule has 0 saturated carbocycles. The van der Waals surface area contributed by atoms with E-state index in [1.165, 1.54) is 0 Å². The van der Waals surface area contributed by atoms with Crippen LogP contribution in [0.2, 0.25) is 5.02 Å². The van der Waals surface area contributed by atoms with Crippen molar-refractivity contribution in [3.05, 3.63) is 21.8 Å². The smallest absolute Gasteiger partial charge is 0.144 e. The van der Waals surface area contributed by atoms with Gasteiger partial charge in [-0.25, -0.2) is 4.98 Å². The Kier molecular flexibility index (Phi) is 5.56. The van der Waals surface area contributed by atoms with Crippen molar-refractivity contribution in [2.45, 2.75) is 6.42 Å². The van der Waals surface area contributed by atoms with E-state index in [2.05, 4.69) is 26.2 Å². The zero-order chi connectivity index (χ0) is 11.3. The Morgan fingerprint density at radius 2 is 2.40 bits per heavy atom. The lowest BCUT2D eigenvalue weighted by atomic mass is 10.4. The fraction of sp³-hybridized carbons (Fsp3) is 0.444. The molecule has 84 valence electrons. The summed E-state index contributed by atoms with van der Waals surface area (Å²) in [4.78, 5) is 4.13. The summed E-state index contributed by atoms with van der Waals surface area (Å²) in [5.74, 6) is 1.36. The number of aromatic nitrogens is 1. The zero-order valence-electron chi connectivity index (χ0n) is 8.30. The summed E-state index contributed by atoms with van der Waals surface area (Å²) in [6.07, 6.45) is 4.23. The highest BCUT2D eigenvalue weighted by atomic mass is 79.9. The second-order valence-corrected chi connectivity index (χ2v) is 5.92. The van der Waals surface area contributed by atoms with Crippen LogP contribution in [0.1, 0.15) is 6.42 Å². The molecule has 0 aliphatic carbocycles. The summed E-state index contributed by atoms with van der Waals surface area (Å²) < 4.78 is 11.7. The van der Waals surface area contributed by atoms with Gasteiger partial charge >= 0.3 is 0 Å². The van der Waals surface area contributed by atoms with E-state index in [4.69, 9.17) is 11.6 Å². The van der Waals surface area contributed by atoms with E-state index >= 15 is 0 Å². The highest BCUT2D eigenvalue weighted by molar-refractivity contribution is 9.10. The predicted octanol–water partition coefficient (Wildman–Crippen LogP) is 2.68. The molecule has 15 heavy (non-hydrogen) atoms. The Morgan fingerprint density at radius 3 is 3.00 bits per heavy atom. The summed E-state index contributed by atoms with van der Waals surface area (Å²) in [6.45, 7) is 0.730. The molecule has 0 bridgehead atoms. The maximum Gasteiger partial charge on any atom is 0.144 e. The van der Waals surface area contributed by atoms with Crippen molar-refractivity contribution >= 4 is 44.1 Å². The standard InChI is InChI=1S/C9H12BrClN2OS/c1-15(14)4-2-3-12-9-8(11)5-7(10)6-13-9/h5-6H,2-4H2,1H3,(H,12,13). The van der Waals surface area contributed by atoms with Gasteiger partial charge in [0.1, 0.15) is 5.82 Å². The molecule has 1 atom stereocenters. The van der Waals surface area contributed by atoms with Crippen LogP contribution >= 0.6 is 27.5 Å². The van der Waals surface area contributed by atoms with Gasteiger partial charge in [0.25, 0.3) is 0 Å². The van der Waals surface area contributed by atoms with Crippen LogP contribution < -0.4 is 5.32 Å². The minimum Gasteiger partial charge on any atom is -0.369 e. The van der Waals surface area contributed by atoms with Crippen LogP contribution in [0.4, 0.5) is 5.82 Å². The second kappa shape index (κ2) is 6.45. The molecule has 3 nitrogen and oxygen atoms in total. The number of halogens is 2. The number of nitrogens with one attached hydrogen (secondary N) is 1. The zero-order valence-corrected chi connectivity index (χ0v) is 11.5. The Hall–Kier alpha value is -0.130. The summed E-state index contributed by atoms with van der Waals surface area (Å²) >= 11 is 9.24. The Bertz CT molecular complexity index is 362. The highest BCUT2D eigenvalue weighted by Crippen LogP contribution is 2.22. The molecule has 1 aromatic rings. The third-order valence-corrected chi connectivity index (χ3v) is 3.29. The van der Waals surface area contributed by atoms with Gasteiger partial charge in [-0.2, -0.15) is 0 Å². The summed E-state index contributed by atoms with van der Waals surface area (Å²) in [7, 11) is -0.733. The molecular weight excluding hydrogens is 300 g/mol. The SMILES string of the molecule is CS(=O)CCCNc1ncc(Br)cc1Cl. The molecule has 1 aromatic heterocycles. The first-order valence-corrected chi connectivity index (χ1v) is 7.34. The van der Waals surface area contributed by atoms with Gasteiger partial charge in [0, 0.05) is 40.0 Å². The average molecular weight is 312 g/mol. The fourth-order valence-electron chi connectivity index (χ4n) is 1.03. The van der Waals surface area contributed by atoms with Gasteiger partial charge in [0.15, 0.2) is 0 Å². The van der Waals surface area contributed by atoms with Crippen LogP contribution in [-0.2, 0) is 10.8 Å². The van der Waals surface area contributed by atoms with E-state index in [0.29, 0.717) is 16.6 Å². The Labute approximate surface area is 105 Å². The summed E-state index contributed by atoms with van der Waals surface area (Å²) in [5.41, 5.74) is 0. The number of hydrogen-bond donors (Lipinski definition) is 1. The molecule has 1 rings (SSSR count). The molecule has 0 aromatic carbocycles. The molecule has 1 N–H and O–H groups in total. The van der Waals surface area contributed by atoms with Gasteiger partial charge in [-0.15, -0.1) is 0 Å². The monoisotopic (exact) mass is 310 g/mol. The van der Waals surface area contributed by atoms with Crippen LogP contribution in [0.5, 0.6) is 0 Å². The third-order valence-electron chi connectivity index (χ3n) is 1.71. The first-order valence-electron chi connectivity index (χ1n) is 4.44. The van der Waals surface area contributed by atoms with E-state index < -0.39 is 10.8 Å². The molecular formula is C9H12BrClN2OS. The van der Waals surface area contributed by atoms with Crippen molar-refractivity contribution in [2.75, 3.05) is 23.9 Å². The number of rotatable bonds is 5. The maximum atomic E-state index is 10.8. The lowest BCUT2D eigenvalue weighted by Crippen LogP contribution is -2.07. The van der Waals surface area contributed by atoms with Crippen molar-refractivity contribution in [2.24, 2.45) is 0 Å². The van der Waals surface area contributed by atoms with Crippen molar-refractivity contribution in [1.82, 2.24) is 4.98 Å². The molecule has 1 unspecified atom stereocenters. The van der Waals surface area contributed by atoms with Gasteiger partial charge in [0.05, 0.1) is 5.02 Å². The molecule has 0 spiro atoms. The van der Waals surface area contributed by atoms with Crippen LogP contribution in [0.25, 0.3) is 0 Å². The molecule has 0 fully saturated rings. The first kappa shape index (κ1) is 12.9. The number of pyridine rings is 1. The van der Waals surface area contributed by atoms with E-state index in [1.807, 2.05) is 0 Å². The van der Waals surface area contributed by atoms with E-state index in [9.17, 15) is 4.21 Å². The molecule has 0 aliphatic rings. The lowest BCUT2D eigenvalue weighted by Gasteiger charge is -2.06. The van der Waals surface area contributed by atoms with Gasteiger partial charge in [-0.3, -0.25) is 4.21 Å². The van der Waals surface area contributed by atoms with Gasteiger partial charge in [0.2, 0.25) is 0 Å². The summed E-state index contributed by atoms with van der Waals surface area (Å²) in [5, 5.41) is 3.68. The molecule has 0 amide bonds. The predicted molar refractivity (Wildman–Crippen MR) is 69.0 cm³/mol. The molecule has 0 radical (unpaired) electrons. The minimum atomic E-state index is -0.733. The van der Waals surface area contributed by atoms with Gasteiger partial charge in [-0.1, -0.05) is 11.6 Å². The van der Waals surface area contributed by atoms with Gasteiger partial charge < -0.3 is 5.32 Å². The normalized spacial score (nSPS) is 12.5.